The minimum absolute atomic E-state index is 0.0818. The number of hydrogen-bond acceptors (Lipinski definition) is 4. The Bertz CT molecular complexity index is 1340. The summed E-state index contributed by atoms with van der Waals surface area (Å²) < 4.78 is 1.11. The molecule has 0 radical (unpaired) electrons. The fourth-order valence-corrected chi connectivity index (χ4v) is 4.99. The van der Waals surface area contributed by atoms with Crippen LogP contribution in [0.15, 0.2) is 75.6 Å². The molecule has 5 rings (SSSR count). The average Bonchev–Trinajstić information content (AvgIpc) is 3.45. The van der Waals surface area contributed by atoms with Crippen LogP contribution < -0.4 is 11.2 Å². The lowest BCUT2D eigenvalue weighted by Crippen LogP contribution is -2.34. The maximum Gasteiger partial charge on any atom is 0.333 e. The maximum absolute atomic E-state index is 13.2. The summed E-state index contributed by atoms with van der Waals surface area (Å²) in [4.78, 5) is 44.6. The molecule has 1 aliphatic rings. The lowest BCUT2D eigenvalue weighted by atomic mass is 10.1. The molecule has 4 aromatic rings. The number of amides is 1. The van der Waals surface area contributed by atoms with Gasteiger partial charge in [0.15, 0.2) is 0 Å². The smallest absolute Gasteiger partial charge is 0.331 e. The van der Waals surface area contributed by atoms with Crippen LogP contribution >= 0.6 is 11.3 Å². The Balaban J connectivity index is 1.55. The average molecular weight is 417 g/mol. The van der Waals surface area contributed by atoms with Crippen molar-refractivity contribution in [1.82, 2.24) is 14.5 Å². The zero-order valence-corrected chi connectivity index (χ0v) is 16.9. The summed E-state index contributed by atoms with van der Waals surface area (Å²) in [6.45, 7) is 0.700. The lowest BCUT2D eigenvalue weighted by molar-refractivity contribution is 0.0738. The number of thiophene rings is 1. The van der Waals surface area contributed by atoms with E-state index >= 15 is 0 Å². The fourth-order valence-electron chi connectivity index (χ4n) is 4.11. The molecular weight excluding hydrogens is 398 g/mol. The number of carbonyl (C=O) groups excluding carboxylic acids is 1. The molecular formula is C23H19N3O3S. The molecule has 1 aliphatic heterocycles. The molecule has 1 fully saturated rings. The summed E-state index contributed by atoms with van der Waals surface area (Å²) in [6.07, 6.45) is 1.90. The van der Waals surface area contributed by atoms with E-state index in [1.54, 1.807) is 53.8 Å². The minimum atomic E-state index is -0.527. The molecule has 0 spiro atoms. The van der Waals surface area contributed by atoms with E-state index in [9.17, 15) is 14.4 Å². The van der Waals surface area contributed by atoms with Crippen molar-refractivity contribution in [3.8, 4) is 5.69 Å². The van der Waals surface area contributed by atoms with Crippen molar-refractivity contribution in [1.29, 1.82) is 0 Å². The van der Waals surface area contributed by atoms with E-state index in [1.807, 2.05) is 22.4 Å². The first-order valence-corrected chi connectivity index (χ1v) is 10.7. The summed E-state index contributed by atoms with van der Waals surface area (Å²) in [5.41, 5.74) is 0.410. The number of fused-ring (bicyclic) bond motifs is 1. The van der Waals surface area contributed by atoms with E-state index in [0.717, 1.165) is 17.4 Å². The highest BCUT2D eigenvalue weighted by Crippen LogP contribution is 2.35. The molecule has 2 aromatic heterocycles. The monoisotopic (exact) mass is 417 g/mol. The predicted octanol–water partition coefficient (Wildman–Crippen LogP) is 3.72. The van der Waals surface area contributed by atoms with Gasteiger partial charge >= 0.3 is 5.69 Å². The number of aromatic nitrogens is 2. The van der Waals surface area contributed by atoms with Crippen molar-refractivity contribution in [2.75, 3.05) is 6.54 Å². The SMILES string of the molecule is O=C(c1ccc2c(=O)n(-c3ccccc3)c(=O)[nH]c2c1)N1CCCC1c1cccs1. The third-order valence-corrected chi connectivity index (χ3v) is 6.52. The largest absolute Gasteiger partial charge is 0.333 e. The number of benzene rings is 2. The Hall–Kier alpha value is -3.45. The summed E-state index contributed by atoms with van der Waals surface area (Å²) in [5, 5.41) is 2.39. The van der Waals surface area contributed by atoms with Gasteiger partial charge in [-0.05, 0) is 54.6 Å². The molecule has 1 amide bonds. The highest BCUT2D eigenvalue weighted by molar-refractivity contribution is 7.10. The molecule has 1 unspecified atom stereocenters. The zero-order chi connectivity index (χ0) is 20.7. The van der Waals surface area contributed by atoms with Crippen molar-refractivity contribution in [3.05, 3.63) is 97.3 Å². The van der Waals surface area contributed by atoms with Gasteiger partial charge in [0.2, 0.25) is 0 Å². The number of rotatable bonds is 3. The van der Waals surface area contributed by atoms with Crippen LogP contribution in [0.4, 0.5) is 0 Å². The standard InChI is InChI=1S/C23H19N3O3S/c27-21(25-12-4-8-19(25)20-9-5-13-30-20)15-10-11-17-18(14-15)24-23(29)26(22(17)28)16-6-2-1-3-7-16/h1-3,5-7,9-11,13-14,19H,4,8,12H2,(H,24,29). The summed E-state index contributed by atoms with van der Waals surface area (Å²) in [6, 6.07) is 17.8. The summed E-state index contributed by atoms with van der Waals surface area (Å²) in [5.74, 6) is -0.0825. The highest BCUT2D eigenvalue weighted by atomic mass is 32.1. The summed E-state index contributed by atoms with van der Waals surface area (Å²) in [7, 11) is 0. The van der Waals surface area contributed by atoms with Gasteiger partial charge < -0.3 is 9.88 Å². The Morgan fingerprint density at radius 1 is 1.03 bits per heavy atom. The maximum atomic E-state index is 13.2. The van der Waals surface area contributed by atoms with E-state index in [4.69, 9.17) is 0 Å². The number of hydrogen-bond donors (Lipinski definition) is 1. The molecule has 1 N–H and O–H groups in total. The topological polar surface area (TPSA) is 75.2 Å². The van der Waals surface area contributed by atoms with Gasteiger partial charge in [0, 0.05) is 17.0 Å². The number of nitrogens with one attached hydrogen (secondary N) is 1. The van der Waals surface area contributed by atoms with Gasteiger partial charge in [-0.25, -0.2) is 9.36 Å². The van der Waals surface area contributed by atoms with Crippen LogP contribution in [0, 0.1) is 0 Å². The molecule has 0 saturated carbocycles. The summed E-state index contributed by atoms with van der Waals surface area (Å²) >= 11 is 1.66. The van der Waals surface area contributed by atoms with Crippen LogP contribution in [0.1, 0.15) is 34.1 Å². The van der Waals surface area contributed by atoms with Crippen molar-refractivity contribution in [2.24, 2.45) is 0 Å². The first kappa shape index (κ1) is 18.6. The molecule has 1 saturated heterocycles. The molecule has 3 heterocycles. The lowest BCUT2D eigenvalue weighted by Gasteiger charge is -2.24. The van der Waals surface area contributed by atoms with E-state index in [2.05, 4.69) is 11.1 Å². The Morgan fingerprint density at radius 2 is 1.87 bits per heavy atom. The van der Waals surface area contributed by atoms with Gasteiger partial charge in [0.05, 0.1) is 22.6 Å². The van der Waals surface area contributed by atoms with Crippen molar-refractivity contribution in [3.63, 3.8) is 0 Å². The number of para-hydroxylation sites is 1. The van der Waals surface area contributed by atoms with Gasteiger partial charge in [-0.3, -0.25) is 9.59 Å². The van der Waals surface area contributed by atoms with Crippen LogP contribution in [-0.4, -0.2) is 26.9 Å². The second-order valence-electron chi connectivity index (χ2n) is 7.34. The first-order valence-electron chi connectivity index (χ1n) is 9.82. The molecule has 150 valence electrons. The van der Waals surface area contributed by atoms with Crippen LogP contribution in [0.3, 0.4) is 0 Å². The normalized spacial score (nSPS) is 16.3. The number of H-pyrrole nitrogens is 1. The van der Waals surface area contributed by atoms with Crippen molar-refractivity contribution in [2.45, 2.75) is 18.9 Å². The quantitative estimate of drug-likeness (QED) is 0.552. The van der Waals surface area contributed by atoms with Gasteiger partial charge in [0.25, 0.3) is 11.5 Å². The minimum Gasteiger partial charge on any atom is -0.331 e. The molecule has 1 atom stereocenters. The number of carbonyl (C=O) groups is 1. The van der Waals surface area contributed by atoms with Gasteiger partial charge in [0.1, 0.15) is 0 Å². The van der Waals surface area contributed by atoms with Crippen LogP contribution in [-0.2, 0) is 0 Å². The Labute approximate surface area is 176 Å². The van der Waals surface area contributed by atoms with Gasteiger partial charge in [-0.15, -0.1) is 11.3 Å². The predicted molar refractivity (Wildman–Crippen MR) is 117 cm³/mol. The molecule has 6 nitrogen and oxygen atoms in total. The van der Waals surface area contributed by atoms with Gasteiger partial charge in [-0.1, -0.05) is 24.3 Å². The third kappa shape index (κ3) is 3.07. The molecule has 0 bridgehead atoms. The van der Waals surface area contributed by atoms with E-state index in [0.29, 0.717) is 28.7 Å². The Morgan fingerprint density at radius 3 is 2.63 bits per heavy atom. The highest BCUT2D eigenvalue weighted by Gasteiger charge is 2.31. The first-order chi connectivity index (χ1) is 14.6. The third-order valence-electron chi connectivity index (χ3n) is 5.54. The Kier molecular flexibility index (Phi) is 4.59. The number of aromatic amines is 1. The molecule has 2 aromatic carbocycles. The molecule has 7 heteroatoms. The van der Waals surface area contributed by atoms with Crippen molar-refractivity contribution < 1.29 is 4.79 Å². The number of nitrogens with zero attached hydrogens (tertiary/aromatic N) is 2. The van der Waals surface area contributed by atoms with Crippen LogP contribution in [0.2, 0.25) is 0 Å². The molecule has 30 heavy (non-hydrogen) atoms. The van der Waals surface area contributed by atoms with Crippen LogP contribution in [0.25, 0.3) is 16.6 Å². The fraction of sp³-hybridized carbons (Fsp3) is 0.174. The second kappa shape index (κ2) is 7.42. The second-order valence-corrected chi connectivity index (χ2v) is 8.32. The zero-order valence-electron chi connectivity index (χ0n) is 16.1. The number of likely N-dealkylation sites (tertiary alicyclic amines) is 1. The van der Waals surface area contributed by atoms with E-state index < -0.39 is 11.2 Å². The van der Waals surface area contributed by atoms with E-state index in [1.165, 1.54) is 4.88 Å². The van der Waals surface area contributed by atoms with Crippen molar-refractivity contribution >= 4 is 28.1 Å². The van der Waals surface area contributed by atoms with Crippen LogP contribution in [0.5, 0.6) is 0 Å². The molecule has 0 aliphatic carbocycles. The van der Waals surface area contributed by atoms with E-state index in [-0.39, 0.29) is 11.9 Å². The van der Waals surface area contributed by atoms with Gasteiger partial charge in [-0.2, -0.15) is 0 Å².